The smallest absolute Gasteiger partial charge is 0.475 e. The molecule has 5 aliphatic heterocycles. The fourth-order valence-corrected chi connectivity index (χ4v) is 14.0. The van der Waals surface area contributed by atoms with Crippen LogP contribution in [0.1, 0.15) is 196 Å². The molecule has 3 amide bonds. The van der Waals surface area contributed by atoms with Crippen LogP contribution in [0.4, 0.5) is 27.6 Å². The maximum Gasteiger partial charge on any atom is 1.00 e. The number of aliphatic hydroxyl groups is 1. The number of ether oxygens (including phenoxy) is 8. The quantitative estimate of drug-likeness (QED) is 0.0228. The van der Waals surface area contributed by atoms with Gasteiger partial charge in [0.1, 0.15) is 53.3 Å². The first-order valence-corrected chi connectivity index (χ1v) is 39.6. The van der Waals surface area contributed by atoms with Gasteiger partial charge in [-0.05, 0) is 194 Å². The molecule has 1 aromatic carbocycles. The number of benzene rings is 1. The van der Waals surface area contributed by atoms with Gasteiger partial charge >= 0.3 is 89.8 Å². The number of alkyl halides is 3. The van der Waals surface area contributed by atoms with Crippen LogP contribution in [0.5, 0.6) is 0 Å². The van der Waals surface area contributed by atoms with Crippen LogP contribution in [-0.2, 0) is 85.8 Å². The number of rotatable bonds is 14. The van der Waals surface area contributed by atoms with Crippen LogP contribution in [0.15, 0.2) is 44.5 Å². The molecule has 0 aromatic heterocycles. The molecule has 0 radical (unpaired) electrons. The molecular weight excluding hydrogens is 1590 g/mol. The molecule has 2 saturated carbocycles. The van der Waals surface area contributed by atoms with Gasteiger partial charge in [0.2, 0.25) is 0 Å². The van der Waals surface area contributed by atoms with Gasteiger partial charge in [0.05, 0.1) is 52.7 Å². The zero-order valence-electron chi connectivity index (χ0n) is 70.4. The molecule has 45 heteroatoms. The van der Waals surface area contributed by atoms with Crippen molar-refractivity contribution in [2.24, 2.45) is 27.2 Å². The third kappa shape index (κ3) is 42.8. The second-order valence-electron chi connectivity index (χ2n) is 31.0. The van der Waals surface area contributed by atoms with E-state index in [-0.39, 0.29) is 115 Å². The van der Waals surface area contributed by atoms with Crippen molar-refractivity contribution < 1.29 is 151 Å². The number of nitrogens with one attached hydrogen (secondary N) is 1. The van der Waals surface area contributed by atoms with E-state index in [0.717, 1.165) is 50.6 Å². The molecule has 7 fully saturated rings. The van der Waals surface area contributed by atoms with Crippen molar-refractivity contribution in [3.8, 4) is 0 Å². The summed E-state index contributed by atoms with van der Waals surface area (Å²) in [7, 11) is 2.52. The van der Waals surface area contributed by atoms with Crippen LogP contribution < -0.4 is 34.9 Å². The minimum absolute atomic E-state index is 0. The Morgan fingerprint density at radius 2 is 0.890 bits per heavy atom. The van der Waals surface area contributed by atoms with E-state index >= 15 is 0 Å². The molecule has 2 aliphatic carbocycles. The van der Waals surface area contributed by atoms with Gasteiger partial charge < -0.3 is 69.3 Å². The van der Waals surface area contributed by atoms with E-state index in [0.29, 0.717) is 50.6 Å². The van der Waals surface area contributed by atoms with Crippen LogP contribution in [-0.4, -0.2) is 257 Å². The second kappa shape index (κ2) is 55.2. The number of aryl methyl sites for hydroxylation is 1. The van der Waals surface area contributed by atoms with Crippen molar-refractivity contribution in [2.45, 2.75) is 286 Å². The zero-order valence-corrected chi connectivity index (χ0v) is 73.2. The summed E-state index contributed by atoms with van der Waals surface area (Å²) >= 11 is 0. The summed E-state index contributed by atoms with van der Waals surface area (Å²) in [6, 6.07) is 2.72. The number of esters is 5. The molecule has 7 aliphatic rings. The minimum atomic E-state index is -5.08. The minimum Gasteiger partial charge on any atom is -0.475 e. The van der Waals surface area contributed by atoms with Crippen molar-refractivity contribution in [2.75, 3.05) is 74.8 Å². The van der Waals surface area contributed by atoms with Crippen molar-refractivity contribution >= 4 is 70.5 Å². The molecule has 10 atom stereocenters. The number of carboxylic acid groups (broad SMARTS) is 1. The van der Waals surface area contributed by atoms with Gasteiger partial charge in [-0.15, -0.1) is 0 Å². The second-order valence-corrected chi connectivity index (χ2v) is 32.5. The topological polar surface area (TPSA) is 558 Å². The Labute approximate surface area is 708 Å². The van der Waals surface area contributed by atoms with Gasteiger partial charge in [-0.3, -0.25) is 38.3 Å². The Morgan fingerprint density at radius 3 is 1.28 bits per heavy atom. The molecule has 0 unspecified atom stereocenters. The molecule has 5 heterocycles. The maximum absolute atomic E-state index is 12.5. The number of likely N-dealkylation sites (tertiary alicyclic amines) is 4. The van der Waals surface area contributed by atoms with E-state index in [1.165, 1.54) is 119 Å². The van der Waals surface area contributed by atoms with Gasteiger partial charge in [0, 0.05) is 77.8 Å². The number of carbonyl (C=O) groups is 10. The third-order valence-electron chi connectivity index (χ3n) is 18.5. The van der Waals surface area contributed by atoms with E-state index in [2.05, 4.69) is 49.8 Å². The Balaban J connectivity index is 0.00000139. The summed E-state index contributed by atoms with van der Waals surface area (Å²) < 4.78 is 102. The molecule has 660 valence electrons. The number of amides is 3. The largest absolute Gasteiger partial charge is 1.00 e. The fraction of sp³-hybridized carbons (Fsp3) is 0.781. The van der Waals surface area contributed by atoms with Crippen LogP contribution >= 0.6 is 0 Å². The monoisotopic (exact) mass is 1710 g/mol. The number of methoxy groups -OCH3 is 5. The maximum atomic E-state index is 12.5. The van der Waals surface area contributed by atoms with Crippen molar-refractivity contribution in [1.29, 1.82) is 0 Å². The predicted molar refractivity (Wildman–Crippen MR) is 415 cm³/mol. The van der Waals surface area contributed by atoms with Crippen LogP contribution in [0.2, 0.25) is 0 Å². The van der Waals surface area contributed by atoms with Crippen molar-refractivity contribution in [1.82, 2.24) is 24.9 Å². The number of aliphatic hydroxyl groups excluding tert-OH is 1. The van der Waals surface area contributed by atoms with E-state index in [1.807, 2.05) is 6.92 Å². The standard InChI is InChI=1S/C19H27NO7S.C14H24N4O2.C12H20N4O4.C12H21NO5.C7H12N4O2.C7H12O.C2HF3O2.N3.Na/c1-13-6-8-15(9-7-13)28(23,24)27-14-10-11-20(16(12-14)17(21)25-5)18(22)26-19(2,3)4;1-20-14(19)13-9-12(16-17-15)7-8-18(13)10-11-5-3-2-4-6-11;1-12(2,3)20-11(18)16-6-5-8(14-15-13)7-9(16)10(17)19-4;1-12(2,3)18-11(16)13-6-5-8(14)7-9(13)10(15)17-4;1-13-7(12)6-4-5(10-11-8)2-3-9-6;8-6-7-4-2-1-3-5-7;3-2(4,5)1(6)7;1-3-2;/h6-9,14,16H,10-12H2,1-5H3;11-13H,2-10H2,1H3;8-9H,5-7H2,1-4H3;8-9,14H,5-7H2,1-4H3;5-6,9H,2-4H2,1H3;6-7H,1-5H2;(H,6,7);;/q;;;;;;;-1;+1/t14-,16-;12-,13+;8-,9+;8-,9-;5-,6+;;;;/m01101..../s1. The molecule has 40 nitrogen and oxygen atoms in total. The van der Waals surface area contributed by atoms with Gasteiger partial charge in [-0.25, -0.2) is 33.6 Å². The van der Waals surface area contributed by atoms with E-state index < -0.39 is 106 Å². The normalized spacial score (nSPS) is 22.7. The average Bonchev–Trinajstić information content (AvgIpc) is 0.813. The number of halogens is 3. The summed E-state index contributed by atoms with van der Waals surface area (Å²) in [6.45, 7) is 20.7. The summed E-state index contributed by atoms with van der Waals surface area (Å²) in [5.41, 5.74) is 37.7. The van der Waals surface area contributed by atoms with Crippen LogP contribution in [0.25, 0.3) is 47.3 Å². The molecule has 0 bridgehead atoms. The first-order chi connectivity index (χ1) is 54.8. The van der Waals surface area contributed by atoms with Gasteiger partial charge in [0.25, 0.3) is 10.1 Å². The number of aliphatic carboxylic acids is 1. The summed E-state index contributed by atoms with van der Waals surface area (Å²) in [5.74, 6) is -3.85. The number of hydrogen-bond donors (Lipinski definition) is 3. The summed E-state index contributed by atoms with van der Waals surface area (Å²) in [5, 5.41) is 30.7. The van der Waals surface area contributed by atoms with Crippen LogP contribution in [0, 0.1) is 18.8 Å². The Kier molecular flexibility index (Phi) is 51.2. The van der Waals surface area contributed by atoms with E-state index in [1.54, 1.807) is 74.4 Å². The van der Waals surface area contributed by atoms with Gasteiger partial charge in [0.15, 0.2) is 0 Å². The van der Waals surface area contributed by atoms with Gasteiger partial charge in [-0.2, -0.15) is 21.6 Å². The SMILES string of the molecule is COC(=O)[C@@H]1C[C@@H](O)CCN1C(=O)OC(C)(C)C.COC(=O)[C@@H]1C[C@@H](OS(=O)(=O)c2ccc(C)cc2)CCN1C(=O)OC(C)(C)C.COC(=O)[C@@H]1C[C@H](N=[N+]=[N-])CCN1.COC(=O)[C@@H]1C[C@H](N=[N+]=[N-])CCN1C(=O)OC(C)(C)C.COC(=O)[C@@H]1C[C@H](N=[N+]=[N-])CCN1CC1CCCCC1.O=C(O)C(F)(F)F.O=CC1CCCCC1.[N-]=[N+]=[N-].[Na+]. The van der Waals surface area contributed by atoms with Gasteiger partial charge in [-0.1, -0.05) is 71.6 Å². The average molecular weight is 1710 g/mol. The van der Waals surface area contributed by atoms with Crippen LogP contribution in [0.3, 0.4) is 0 Å². The molecule has 0 spiro atoms. The Bertz CT molecular complexity index is 3640. The first-order valence-electron chi connectivity index (χ1n) is 38.2. The molecule has 118 heavy (non-hydrogen) atoms. The first kappa shape index (κ1) is 109. The van der Waals surface area contributed by atoms with Crippen molar-refractivity contribution in [3.05, 3.63) is 77.1 Å². The molecule has 5 saturated heterocycles. The Morgan fingerprint density at radius 1 is 0.525 bits per heavy atom. The van der Waals surface area contributed by atoms with Crippen molar-refractivity contribution in [3.63, 3.8) is 0 Å². The molecule has 8 rings (SSSR count). The number of piperidine rings is 5. The molecule has 1 aromatic rings. The number of carbonyl (C=O) groups excluding carboxylic acids is 9. The number of carboxylic acids is 1. The third-order valence-corrected chi connectivity index (χ3v) is 19.9. The Hall–Kier alpha value is -8.66. The van der Waals surface area contributed by atoms with E-state index in [9.17, 15) is 69.8 Å². The number of nitrogens with zero attached hydrogens (tertiary/aromatic N) is 16. The predicted octanol–water partition coefficient (Wildman–Crippen LogP) is 9.54. The number of hydrogen-bond acceptors (Lipinski definition) is 27. The zero-order chi connectivity index (χ0) is 89.0. The molecular formula is C73H117F3N17NaO23S. The summed E-state index contributed by atoms with van der Waals surface area (Å²) in [6.07, 6.45) is 9.91. The molecule has 3 N–H and O–H groups in total. The number of azide groups is 3. The van der Waals surface area contributed by atoms with E-state index in [4.69, 9.17) is 70.2 Å². The summed E-state index contributed by atoms with van der Waals surface area (Å²) in [4.78, 5) is 130. The number of aldehydes is 1. The fourth-order valence-electron chi connectivity index (χ4n) is 12.9.